The molecular formula is C8H18N2O2. The normalized spacial score (nSPS) is 9.75. The highest BCUT2D eigenvalue weighted by molar-refractivity contribution is 4.41. The van der Waals surface area contributed by atoms with E-state index in [-0.39, 0.29) is 0 Å². The predicted octanol–water partition coefficient (Wildman–Crippen LogP) is 1.85. The van der Waals surface area contributed by atoms with Gasteiger partial charge < -0.3 is 4.74 Å². The number of hydrogen-bond donors (Lipinski definition) is 1. The topological polar surface area (TPSA) is 50.7 Å². The quantitative estimate of drug-likeness (QED) is 0.330. The number of nitrogens with zero attached hydrogens (tertiary/aromatic N) is 1. The molecule has 0 fully saturated rings. The van der Waals surface area contributed by atoms with Crippen LogP contribution in [0.1, 0.15) is 32.6 Å². The Morgan fingerprint density at radius 2 is 2.00 bits per heavy atom. The zero-order valence-corrected chi connectivity index (χ0v) is 7.71. The van der Waals surface area contributed by atoms with Crippen LogP contribution < -0.4 is 5.43 Å². The Morgan fingerprint density at radius 1 is 1.25 bits per heavy atom. The molecule has 1 N–H and O–H groups in total. The maximum atomic E-state index is 9.58. The van der Waals surface area contributed by atoms with Gasteiger partial charge in [-0.25, -0.2) is 0 Å². The zero-order valence-electron chi connectivity index (χ0n) is 7.71. The van der Waals surface area contributed by atoms with Gasteiger partial charge in [0.1, 0.15) is 0 Å². The van der Waals surface area contributed by atoms with Crippen LogP contribution in [-0.2, 0) is 4.74 Å². The zero-order chi connectivity index (χ0) is 9.07. The lowest BCUT2D eigenvalue weighted by Gasteiger charge is -2.02. The molecule has 0 aromatic rings. The van der Waals surface area contributed by atoms with Gasteiger partial charge in [-0.15, -0.1) is 4.91 Å². The van der Waals surface area contributed by atoms with Crippen LogP contribution in [0.25, 0.3) is 0 Å². The third-order valence-corrected chi connectivity index (χ3v) is 1.53. The summed E-state index contributed by atoms with van der Waals surface area (Å²) in [6.45, 7) is 4.32. The van der Waals surface area contributed by atoms with Crippen molar-refractivity contribution in [3.8, 4) is 0 Å². The first-order chi connectivity index (χ1) is 5.91. The fourth-order valence-electron chi connectivity index (χ4n) is 0.855. The minimum atomic E-state index is 0.608. The van der Waals surface area contributed by atoms with E-state index in [2.05, 4.69) is 17.6 Å². The standard InChI is InChI=1S/C8H18N2O2/c1-2-3-4-7-12-8-5-6-9-10-11/h2-8H2,1H3,(H,9,11). The van der Waals surface area contributed by atoms with E-state index in [0.29, 0.717) is 13.2 Å². The van der Waals surface area contributed by atoms with Gasteiger partial charge in [-0.1, -0.05) is 19.8 Å². The Morgan fingerprint density at radius 3 is 2.67 bits per heavy atom. The van der Waals surface area contributed by atoms with Gasteiger partial charge >= 0.3 is 0 Å². The van der Waals surface area contributed by atoms with Gasteiger partial charge in [0, 0.05) is 25.0 Å². The van der Waals surface area contributed by atoms with Crippen molar-refractivity contribution in [3.63, 3.8) is 0 Å². The molecule has 0 aliphatic heterocycles. The second kappa shape index (κ2) is 10.4. The van der Waals surface area contributed by atoms with Gasteiger partial charge in [-0.2, -0.15) is 0 Å². The van der Waals surface area contributed by atoms with Crippen molar-refractivity contribution in [2.75, 3.05) is 19.8 Å². The van der Waals surface area contributed by atoms with E-state index in [4.69, 9.17) is 4.74 Å². The Bertz CT molecular complexity index is 99.1. The largest absolute Gasteiger partial charge is 0.381 e. The molecule has 0 radical (unpaired) electrons. The Kier molecular flexibility index (Phi) is 9.81. The fourth-order valence-corrected chi connectivity index (χ4v) is 0.855. The molecule has 0 aliphatic carbocycles. The summed E-state index contributed by atoms with van der Waals surface area (Å²) in [5, 5.41) is 2.53. The first-order valence-corrected chi connectivity index (χ1v) is 4.54. The first kappa shape index (κ1) is 11.4. The number of unbranched alkanes of at least 4 members (excludes halogenated alkanes) is 2. The maximum absolute atomic E-state index is 9.58. The summed E-state index contributed by atoms with van der Waals surface area (Å²) in [5.41, 5.74) is 2.34. The summed E-state index contributed by atoms with van der Waals surface area (Å²) < 4.78 is 5.30. The molecule has 0 aliphatic rings. The van der Waals surface area contributed by atoms with Crippen molar-refractivity contribution in [3.05, 3.63) is 4.91 Å². The average Bonchev–Trinajstić information content (AvgIpc) is 2.10. The molecule has 0 aromatic heterocycles. The molecular weight excluding hydrogens is 156 g/mol. The second-order valence-electron chi connectivity index (χ2n) is 2.67. The molecule has 0 saturated carbocycles. The molecule has 0 heterocycles. The molecule has 4 nitrogen and oxygen atoms in total. The van der Waals surface area contributed by atoms with Gasteiger partial charge in [-0.05, 0) is 12.8 Å². The van der Waals surface area contributed by atoms with Gasteiger partial charge in [0.2, 0.25) is 0 Å². The van der Waals surface area contributed by atoms with Crippen molar-refractivity contribution in [2.24, 2.45) is 5.29 Å². The smallest absolute Gasteiger partial charge is 0.0496 e. The SMILES string of the molecule is CCCCCOCCCNN=O. The first-order valence-electron chi connectivity index (χ1n) is 4.54. The highest BCUT2D eigenvalue weighted by Crippen LogP contribution is 1.94. The number of ether oxygens (including phenoxy) is 1. The molecule has 0 rings (SSSR count). The third-order valence-electron chi connectivity index (χ3n) is 1.53. The van der Waals surface area contributed by atoms with E-state index in [1.807, 2.05) is 0 Å². The number of nitroso groups, excluding NO2 is 1. The van der Waals surface area contributed by atoms with Crippen molar-refractivity contribution in [1.29, 1.82) is 0 Å². The molecule has 0 spiro atoms. The van der Waals surface area contributed by atoms with E-state index in [0.717, 1.165) is 19.4 Å². The van der Waals surface area contributed by atoms with Gasteiger partial charge in [0.05, 0.1) is 0 Å². The fraction of sp³-hybridized carbons (Fsp3) is 1.00. The van der Waals surface area contributed by atoms with E-state index < -0.39 is 0 Å². The number of hydrogen-bond acceptors (Lipinski definition) is 3. The molecule has 72 valence electrons. The van der Waals surface area contributed by atoms with Crippen LogP contribution in [0.5, 0.6) is 0 Å². The van der Waals surface area contributed by atoms with E-state index in [1.54, 1.807) is 0 Å². The van der Waals surface area contributed by atoms with Crippen molar-refractivity contribution in [2.45, 2.75) is 32.6 Å². The summed E-state index contributed by atoms with van der Waals surface area (Å²) in [4.78, 5) is 9.58. The van der Waals surface area contributed by atoms with Crippen LogP contribution in [-0.4, -0.2) is 19.8 Å². The molecule has 0 saturated heterocycles. The molecule has 0 unspecified atom stereocenters. The predicted molar refractivity (Wildman–Crippen MR) is 48.8 cm³/mol. The van der Waals surface area contributed by atoms with Crippen LogP contribution in [0, 0.1) is 4.91 Å². The molecule has 0 aromatic carbocycles. The highest BCUT2D eigenvalue weighted by Gasteiger charge is 1.88. The maximum Gasteiger partial charge on any atom is 0.0496 e. The lowest BCUT2D eigenvalue weighted by atomic mass is 10.3. The van der Waals surface area contributed by atoms with Crippen LogP contribution in [0.4, 0.5) is 0 Å². The Balaban J connectivity index is 2.77. The summed E-state index contributed by atoms with van der Waals surface area (Å²) in [6, 6.07) is 0. The minimum absolute atomic E-state index is 0.608. The summed E-state index contributed by atoms with van der Waals surface area (Å²) in [7, 11) is 0. The lowest BCUT2D eigenvalue weighted by Crippen LogP contribution is -2.09. The lowest BCUT2D eigenvalue weighted by molar-refractivity contribution is 0.128. The molecule has 12 heavy (non-hydrogen) atoms. The minimum Gasteiger partial charge on any atom is -0.381 e. The monoisotopic (exact) mass is 174 g/mol. The van der Waals surface area contributed by atoms with E-state index in [1.165, 1.54) is 12.8 Å². The van der Waals surface area contributed by atoms with Crippen LogP contribution in [0.3, 0.4) is 0 Å². The number of rotatable bonds is 9. The molecule has 0 amide bonds. The van der Waals surface area contributed by atoms with E-state index in [9.17, 15) is 4.91 Å². The summed E-state index contributed by atoms with van der Waals surface area (Å²) >= 11 is 0. The second-order valence-corrected chi connectivity index (χ2v) is 2.67. The Labute approximate surface area is 73.6 Å². The van der Waals surface area contributed by atoms with Crippen LogP contribution in [0.15, 0.2) is 5.29 Å². The molecule has 0 atom stereocenters. The van der Waals surface area contributed by atoms with Crippen LogP contribution in [0.2, 0.25) is 0 Å². The Hall–Kier alpha value is -0.640. The summed E-state index contributed by atoms with van der Waals surface area (Å²) in [6.07, 6.45) is 4.43. The molecule has 4 heteroatoms. The van der Waals surface area contributed by atoms with Crippen LogP contribution >= 0.6 is 0 Å². The van der Waals surface area contributed by atoms with Crippen molar-refractivity contribution < 1.29 is 4.74 Å². The molecule has 0 bridgehead atoms. The van der Waals surface area contributed by atoms with Gasteiger partial charge in [-0.3, -0.25) is 5.43 Å². The van der Waals surface area contributed by atoms with E-state index >= 15 is 0 Å². The average molecular weight is 174 g/mol. The van der Waals surface area contributed by atoms with Crippen molar-refractivity contribution >= 4 is 0 Å². The number of nitrogens with one attached hydrogen (secondary N) is 1. The summed E-state index contributed by atoms with van der Waals surface area (Å²) in [5.74, 6) is 0. The van der Waals surface area contributed by atoms with Gasteiger partial charge in [0.15, 0.2) is 0 Å². The third kappa shape index (κ3) is 9.36. The highest BCUT2D eigenvalue weighted by atomic mass is 16.5. The van der Waals surface area contributed by atoms with Crippen molar-refractivity contribution in [1.82, 2.24) is 5.43 Å². The van der Waals surface area contributed by atoms with Gasteiger partial charge in [0.25, 0.3) is 0 Å².